The van der Waals surface area contributed by atoms with E-state index < -0.39 is 5.97 Å². The number of rotatable bonds is 1. The number of nitrogen functional groups attached to an aromatic ring is 1. The van der Waals surface area contributed by atoms with Gasteiger partial charge in [-0.3, -0.25) is 4.98 Å². The zero-order valence-corrected chi connectivity index (χ0v) is 8.19. The van der Waals surface area contributed by atoms with Gasteiger partial charge in [-0.15, -0.1) is 0 Å². The molecule has 0 aliphatic heterocycles. The summed E-state index contributed by atoms with van der Waals surface area (Å²) in [6.45, 7) is 1.79. The van der Waals surface area contributed by atoms with Crippen LogP contribution in [0.4, 0.5) is 5.69 Å². The Balaban J connectivity index is 2.86. The lowest BCUT2D eigenvalue weighted by Crippen LogP contribution is -2.00. The molecule has 3 N–H and O–H groups in total. The monoisotopic (exact) mass is 202 g/mol. The van der Waals surface area contributed by atoms with Crippen molar-refractivity contribution >= 4 is 22.6 Å². The molecule has 1 aromatic carbocycles. The normalized spacial score (nSPS) is 10.5. The number of aromatic carboxylic acids is 1. The van der Waals surface area contributed by atoms with Crippen molar-refractivity contribution in [3.63, 3.8) is 0 Å². The van der Waals surface area contributed by atoms with Gasteiger partial charge in [0, 0.05) is 5.39 Å². The maximum absolute atomic E-state index is 10.9. The van der Waals surface area contributed by atoms with Crippen LogP contribution < -0.4 is 5.73 Å². The van der Waals surface area contributed by atoms with Gasteiger partial charge in [0.15, 0.2) is 0 Å². The quantitative estimate of drug-likeness (QED) is 0.739. The highest BCUT2D eigenvalue weighted by Gasteiger charge is 2.09. The molecule has 1 heterocycles. The zero-order chi connectivity index (χ0) is 11.0. The molecule has 0 saturated heterocycles. The first-order valence-electron chi connectivity index (χ1n) is 4.48. The molecule has 0 aliphatic carbocycles. The fourth-order valence-electron chi connectivity index (χ4n) is 1.49. The largest absolute Gasteiger partial charge is 0.478 e. The summed E-state index contributed by atoms with van der Waals surface area (Å²) in [6.07, 6.45) is 0. The first kappa shape index (κ1) is 9.45. The van der Waals surface area contributed by atoms with Crippen LogP contribution in [0, 0.1) is 6.92 Å². The highest BCUT2D eigenvalue weighted by atomic mass is 16.4. The average molecular weight is 202 g/mol. The minimum absolute atomic E-state index is 0.228. The van der Waals surface area contributed by atoms with E-state index in [-0.39, 0.29) is 5.56 Å². The van der Waals surface area contributed by atoms with Gasteiger partial charge in [0.25, 0.3) is 0 Å². The predicted octanol–water partition coefficient (Wildman–Crippen LogP) is 1.82. The van der Waals surface area contributed by atoms with E-state index in [1.807, 2.05) is 0 Å². The summed E-state index contributed by atoms with van der Waals surface area (Å²) < 4.78 is 0. The minimum Gasteiger partial charge on any atom is -0.478 e. The van der Waals surface area contributed by atoms with Crippen LogP contribution in [0.2, 0.25) is 0 Å². The van der Waals surface area contributed by atoms with Crippen LogP contribution in [-0.4, -0.2) is 16.1 Å². The smallest absolute Gasteiger partial charge is 0.336 e. The van der Waals surface area contributed by atoms with Crippen LogP contribution in [0.15, 0.2) is 24.3 Å². The first-order chi connectivity index (χ1) is 7.09. The Morgan fingerprint density at radius 1 is 1.47 bits per heavy atom. The van der Waals surface area contributed by atoms with Gasteiger partial charge in [-0.1, -0.05) is 6.07 Å². The Kier molecular flexibility index (Phi) is 2.04. The zero-order valence-electron chi connectivity index (χ0n) is 8.19. The maximum atomic E-state index is 10.9. The number of anilines is 1. The van der Waals surface area contributed by atoms with Gasteiger partial charge < -0.3 is 10.8 Å². The predicted molar refractivity (Wildman–Crippen MR) is 57.9 cm³/mol. The van der Waals surface area contributed by atoms with Crippen molar-refractivity contribution in [1.29, 1.82) is 0 Å². The number of benzene rings is 1. The number of carbonyl (C=O) groups is 1. The fourth-order valence-corrected chi connectivity index (χ4v) is 1.49. The molecular weight excluding hydrogens is 192 g/mol. The van der Waals surface area contributed by atoms with Crippen molar-refractivity contribution in [2.45, 2.75) is 6.92 Å². The van der Waals surface area contributed by atoms with Gasteiger partial charge in [0.05, 0.1) is 22.5 Å². The number of hydrogen-bond acceptors (Lipinski definition) is 3. The summed E-state index contributed by atoms with van der Waals surface area (Å²) >= 11 is 0. The van der Waals surface area contributed by atoms with Crippen LogP contribution in [0.3, 0.4) is 0 Å². The van der Waals surface area contributed by atoms with Crippen molar-refractivity contribution in [2.24, 2.45) is 0 Å². The van der Waals surface area contributed by atoms with E-state index in [0.717, 1.165) is 0 Å². The minimum atomic E-state index is -0.967. The summed E-state index contributed by atoms with van der Waals surface area (Å²) in [4.78, 5) is 15.2. The van der Waals surface area contributed by atoms with E-state index in [1.165, 1.54) is 0 Å². The van der Waals surface area contributed by atoms with E-state index in [9.17, 15) is 4.79 Å². The van der Waals surface area contributed by atoms with E-state index in [0.29, 0.717) is 22.3 Å². The van der Waals surface area contributed by atoms with Crippen molar-refractivity contribution in [3.05, 3.63) is 35.5 Å². The molecule has 0 unspecified atom stereocenters. The van der Waals surface area contributed by atoms with Gasteiger partial charge in [0.2, 0.25) is 0 Å². The second kappa shape index (κ2) is 3.24. The van der Waals surface area contributed by atoms with Crippen LogP contribution in [0.5, 0.6) is 0 Å². The number of carboxylic acids is 1. The summed E-state index contributed by atoms with van der Waals surface area (Å²) in [5.74, 6) is -0.967. The van der Waals surface area contributed by atoms with Crippen molar-refractivity contribution in [3.8, 4) is 0 Å². The average Bonchev–Trinajstić information content (AvgIpc) is 2.18. The summed E-state index contributed by atoms with van der Waals surface area (Å²) in [6, 6.07) is 6.64. The molecule has 0 amide bonds. The lowest BCUT2D eigenvalue weighted by molar-refractivity contribution is 0.0699. The third-order valence-electron chi connectivity index (χ3n) is 2.32. The topological polar surface area (TPSA) is 76.2 Å². The number of aryl methyl sites for hydroxylation is 1. The number of fused-ring (bicyclic) bond motifs is 1. The van der Waals surface area contributed by atoms with Gasteiger partial charge in [-0.25, -0.2) is 4.79 Å². The highest BCUT2D eigenvalue weighted by Crippen LogP contribution is 2.21. The molecule has 2 rings (SSSR count). The third kappa shape index (κ3) is 1.50. The van der Waals surface area contributed by atoms with Gasteiger partial charge >= 0.3 is 5.97 Å². The molecular formula is C11H10N2O2. The van der Waals surface area contributed by atoms with E-state index in [2.05, 4.69) is 4.98 Å². The first-order valence-corrected chi connectivity index (χ1v) is 4.48. The van der Waals surface area contributed by atoms with Crippen molar-refractivity contribution in [1.82, 2.24) is 4.98 Å². The number of nitrogens with two attached hydrogens (primary N) is 1. The molecule has 15 heavy (non-hydrogen) atoms. The summed E-state index contributed by atoms with van der Waals surface area (Å²) in [7, 11) is 0. The molecule has 0 fully saturated rings. The second-order valence-electron chi connectivity index (χ2n) is 3.34. The van der Waals surface area contributed by atoms with E-state index >= 15 is 0 Å². The Bertz CT molecular complexity index is 550. The lowest BCUT2D eigenvalue weighted by Gasteiger charge is -2.05. The highest BCUT2D eigenvalue weighted by molar-refractivity contribution is 6.03. The lowest BCUT2D eigenvalue weighted by atomic mass is 10.1. The SMILES string of the molecule is Cc1nc2cccc(C(=O)O)c2cc1N. The van der Waals surface area contributed by atoms with Gasteiger partial charge in [0.1, 0.15) is 0 Å². The van der Waals surface area contributed by atoms with Gasteiger partial charge in [-0.2, -0.15) is 0 Å². The van der Waals surface area contributed by atoms with Crippen molar-refractivity contribution in [2.75, 3.05) is 5.73 Å². The Morgan fingerprint density at radius 2 is 2.20 bits per heavy atom. The van der Waals surface area contributed by atoms with Crippen LogP contribution >= 0.6 is 0 Å². The summed E-state index contributed by atoms with van der Waals surface area (Å²) in [5.41, 5.74) is 7.81. The maximum Gasteiger partial charge on any atom is 0.336 e. The molecule has 0 atom stereocenters. The van der Waals surface area contributed by atoms with Crippen molar-refractivity contribution < 1.29 is 9.90 Å². The number of aromatic nitrogens is 1. The molecule has 0 aliphatic rings. The third-order valence-corrected chi connectivity index (χ3v) is 2.32. The molecule has 76 valence electrons. The Hall–Kier alpha value is -2.10. The molecule has 0 bridgehead atoms. The van der Waals surface area contributed by atoms with Crippen LogP contribution in [-0.2, 0) is 0 Å². The molecule has 1 aromatic heterocycles. The molecule has 2 aromatic rings. The Morgan fingerprint density at radius 3 is 2.87 bits per heavy atom. The fraction of sp³-hybridized carbons (Fsp3) is 0.0909. The molecule has 4 nitrogen and oxygen atoms in total. The number of pyridine rings is 1. The van der Waals surface area contributed by atoms with Crippen LogP contribution in [0.25, 0.3) is 10.9 Å². The number of hydrogen-bond donors (Lipinski definition) is 2. The van der Waals surface area contributed by atoms with Gasteiger partial charge in [-0.05, 0) is 25.1 Å². The van der Waals surface area contributed by atoms with E-state index in [1.54, 1.807) is 31.2 Å². The Labute approximate surface area is 86.4 Å². The number of nitrogens with zero attached hydrogens (tertiary/aromatic N) is 1. The molecule has 4 heteroatoms. The molecule has 0 saturated carbocycles. The number of carboxylic acid groups (broad SMARTS) is 1. The second-order valence-corrected chi connectivity index (χ2v) is 3.34. The standard InChI is InChI=1S/C11H10N2O2/c1-6-9(12)5-8-7(11(14)15)3-2-4-10(8)13-6/h2-5H,12H2,1H3,(H,14,15). The summed E-state index contributed by atoms with van der Waals surface area (Å²) in [5, 5.41) is 9.55. The van der Waals surface area contributed by atoms with E-state index in [4.69, 9.17) is 10.8 Å². The van der Waals surface area contributed by atoms with Crippen LogP contribution in [0.1, 0.15) is 16.1 Å². The molecule has 0 radical (unpaired) electrons. The molecule has 0 spiro atoms.